The molecule has 1 aromatic rings. The number of hydrogen-bond acceptors (Lipinski definition) is 2. The number of esters is 1. The normalized spacial score (nSPS) is 12.6. The highest BCUT2D eigenvalue weighted by atomic mass is 19.4. The van der Waals surface area contributed by atoms with Crippen LogP contribution in [0.15, 0.2) is 12.3 Å². The highest BCUT2D eigenvalue weighted by molar-refractivity contribution is 5.91. The number of aromatic amines is 1. The van der Waals surface area contributed by atoms with E-state index in [1.54, 1.807) is 20.8 Å². The quantitative estimate of drug-likeness (QED) is 0.760. The summed E-state index contributed by atoms with van der Waals surface area (Å²) in [6, 6.07) is 1.05. The van der Waals surface area contributed by atoms with Crippen LogP contribution in [0.3, 0.4) is 0 Å². The summed E-state index contributed by atoms with van der Waals surface area (Å²) in [4.78, 5) is 13.4. The summed E-state index contributed by atoms with van der Waals surface area (Å²) in [7, 11) is 0. The number of hydrogen-bond donors (Lipinski definition) is 1. The topological polar surface area (TPSA) is 42.1 Å². The summed E-state index contributed by atoms with van der Waals surface area (Å²) in [5, 5.41) is 0. The molecule has 0 fully saturated rings. The molecular formula is C10H12F3NO2. The van der Waals surface area contributed by atoms with Crippen molar-refractivity contribution in [2.75, 3.05) is 0 Å². The highest BCUT2D eigenvalue weighted by Gasteiger charge is 2.37. The second-order valence-electron chi connectivity index (χ2n) is 4.27. The van der Waals surface area contributed by atoms with Crippen molar-refractivity contribution >= 4 is 5.97 Å². The molecule has 6 heteroatoms. The first-order chi connectivity index (χ1) is 7.11. The molecule has 0 amide bonds. The molecule has 0 radical (unpaired) electrons. The van der Waals surface area contributed by atoms with Crippen molar-refractivity contribution in [1.29, 1.82) is 0 Å². The zero-order valence-corrected chi connectivity index (χ0v) is 9.11. The first-order valence-corrected chi connectivity index (χ1v) is 4.59. The molecule has 0 unspecified atom stereocenters. The van der Waals surface area contributed by atoms with Crippen LogP contribution < -0.4 is 0 Å². The number of alkyl halides is 3. The molecule has 0 aromatic carbocycles. The van der Waals surface area contributed by atoms with Crippen molar-refractivity contribution in [2.45, 2.75) is 32.5 Å². The molecule has 0 aliphatic heterocycles. The number of halogens is 3. The molecular weight excluding hydrogens is 223 g/mol. The van der Waals surface area contributed by atoms with Crippen LogP contribution in [0.4, 0.5) is 13.2 Å². The van der Waals surface area contributed by atoms with E-state index in [0.29, 0.717) is 0 Å². The van der Waals surface area contributed by atoms with Gasteiger partial charge in [0.2, 0.25) is 0 Å². The van der Waals surface area contributed by atoms with Gasteiger partial charge in [0.1, 0.15) is 11.3 Å². The van der Waals surface area contributed by atoms with Crippen molar-refractivity contribution in [1.82, 2.24) is 4.98 Å². The highest BCUT2D eigenvalue weighted by Crippen LogP contribution is 2.31. The molecule has 3 nitrogen and oxygen atoms in total. The van der Waals surface area contributed by atoms with E-state index < -0.39 is 29.0 Å². The minimum absolute atomic E-state index is 0.498. The Morgan fingerprint density at radius 2 is 1.88 bits per heavy atom. The maximum absolute atomic E-state index is 12.4. The van der Waals surface area contributed by atoms with Crippen LogP contribution in [-0.4, -0.2) is 16.6 Å². The Kier molecular flexibility index (Phi) is 3.03. The standard InChI is InChI=1S/C10H12F3NO2/c1-9(2,3)16-8(15)6-4-5-14-7(6)10(11,12)13/h4-5,14H,1-3H3. The van der Waals surface area contributed by atoms with E-state index >= 15 is 0 Å². The minimum Gasteiger partial charge on any atom is -0.456 e. The Morgan fingerprint density at radius 3 is 2.31 bits per heavy atom. The molecule has 1 rings (SSSR count). The zero-order chi connectivity index (χ0) is 12.6. The predicted molar refractivity (Wildman–Crippen MR) is 51.0 cm³/mol. The van der Waals surface area contributed by atoms with Crippen molar-refractivity contribution in [2.24, 2.45) is 0 Å². The number of nitrogens with one attached hydrogen (secondary N) is 1. The van der Waals surface area contributed by atoms with E-state index in [1.165, 1.54) is 0 Å². The van der Waals surface area contributed by atoms with Crippen LogP contribution >= 0.6 is 0 Å². The lowest BCUT2D eigenvalue weighted by Crippen LogP contribution is -2.25. The Balaban J connectivity index is 2.98. The lowest BCUT2D eigenvalue weighted by Gasteiger charge is -2.19. The maximum Gasteiger partial charge on any atom is 0.432 e. The third-order valence-corrected chi connectivity index (χ3v) is 1.65. The van der Waals surface area contributed by atoms with E-state index in [1.807, 2.05) is 4.98 Å². The molecule has 0 atom stereocenters. The van der Waals surface area contributed by atoms with E-state index in [9.17, 15) is 18.0 Å². The van der Waals surface area contributed by atoms with E-state index in [2.05, 4.69) is 0 Å². The molecule has 1 aromatic heterocycles. The minimum atomic E-state index is -4.59. The Bertz CT molecular complexity index is 388. The fourth-order valence-electron chi connectivity index (χ4n) is 1.11. The molecule has 0 spiro atoms. The van der Waals surface area contributed by atoms with Gasteiger partial charge in [-0.25, -0.2) is 4.79 Å². The van der Waals surface area contributed by atoms with E-state index in [0.717, 1.165) is 12.3 Å². The number of rotatable bonds is 1. The molecule has 90 valence electrons. The average Bonchev–Trinajstić information content (AvgIpc) is 2.45. The smallest absolute Gasteiger partial charge is 0.432 e. The maximum atomic E-state index is 12.4. The molecule has 0 bridgehead atoms. The molecule has 0 aliphatic carbocycles. The van der Waals surface area contributed by atoms with Gasteiger partial charge in [0.25, 0.3) is 0 Å². The van der Waals surface area contributed by atoms with Gasteiger partial charge in [0, 0.05) is 6.20 Å². The van der Waals surface area contributed by atoms with Crippen LogP contribution in [0.2, 0.25) is 0 Å². The van der Waals surface area contributed by atoms with Gasteiger partial charge in [-0.05, 0) is 26.8 Å². The van der Waals surface area contributed by atoms with Gasteiger partial charge in [-0.3, -0.25) is 0 Å². The summed E-state index contributed by atoms with van der Waals surface area (Å²) in [6.07, 6.45) is -3.53. The second kappa shape index (κ2) is 3.84. The van der Waals surface area contributed by atoms with Crippen molar-refractivity contribution in [3.63, 3.8) is 0 Å². The van der Waals surface area contributed by atoms with Gasteiger partial charge in [-0.15, -0.1) is 0 Å². The molecule has 1 N–H and O–H groups in total. The van der Waals surface area contributed by atoms with Crippen LogP contribution in [0.1, 0.15) is 36.8 Å². The lowest BCUT2D eigenvalue weighted by atomic mass is 10.2. The van der Waals surface area contributed by atoms with Gasteiger partial charge >= 0.3 is 12.1 Å². The largest absolute Gasteiger partial charge is 0.456 e. The molecule has 0 saturated heterocycles. The van der Waals surface area contributed by atoms with Gasteiger partial charge < -0.3 is 9.72 Å². The van der Waals surface area contributed by atoms with E-state index in [-0.39, 0.29) is 0 Å². The van der Waals surface area contributed by atoms with Crippen LogP contribution in [0.25, 0.3) is 0 Å². The van der Waals surface area contributed by atoms with Gasteiger partial charge in [-0.2, -0.15) is 13.2 Å². The monoisotopic (exact) mass is 235 g/mol. The number of ether oxygens (including phenoxy) is 1. The first-order valence-electron chi connectivity index (χ1n) is 4.59. The fourth-order valence-corrected chi connectivity index (χ4v) is 1.11. The second-order valence-corrected chi connectivity index (χ2v) is 4.27. The lowest BCUT2D eigenvalue weighted by molar-refractivity contribution is -0.141. The predicted octanol–water partition coefficient (Wildman–Crippen LogP) is 2.99. The van der Waals surface area contributed by atoms with Crippen molar-refractivity contribution < 1.29 is 22.7 Å². The van der Waals surface area contributed by atoms with Crippen molar-refractivity contribution in [3.05, 3.63) is 23.5 Å². The fraction of sp³-hybridized carbons (Fsp3) is 0.500. The first kappa shape index (κ1) is 12.6. The Labute approximate surface area is 90.6 Å². The summed E-state index contributed by atoms with van der Waals surface area (Å²) < 4.78 is 42.2. The van der Waals surface area contributed by atoms with Gasteiger partial charge in [0.15, 0.2) is 0 Å². The molecule has 0 aliphatic rings. The van der Waals surface area contributed by atoms with Crippen LogP contribution in [-0.2, 0) is 10.9 Å². The summed E-state index contributed by atoms with van der Waals surface area (Å²) >= 11 is 0. The number of aromatic nitrogens is 1. The van der Waals surface area contributed by atoms with E-state index in [4.69, 9.17) is 4.74 Å². The molecule has 16 heavy (non-hydrogen) atoms. The SMILES string of the molecule is CC(C)(C)OC(=O)c1cc[nH]c1C(F)(F)F. The Hall–Kier alpha value is -1.46. The Morgan fingerprint density at radius 1 is 1.31 bits per heavy atom. The number of H-pyrrole nitrogens is 1. The molecule has 1 heterocycles. The number of carbonyl (C=O) groups excluding carboxylic acids is 1. The zero-order valence-electron chi connectivity index (χ0n) is 9.11. The number of carbonyl (C=O) groups is 1. The van der Waals surface area contributed by atoms with Crippen molar-refractivity contribution in [3.8, 4) is 0 Å². The summed E-state index contributed by atoms with van der Waals surface area (Å²) in [5.41, 5.74) is -2.40. The van der Waals surface area contributed by atoms with Gasteiger partial charge in [-0.1, -0.05) is 0 Å². The third-order valence-electron chi connectivity index (χ3n) is 1.65. The third kappa shape index (κ3) is 3.01. The molecule has 0 saturated carbocycles. The average molecular weight is 235 g/mol. The summed E-state index contributed by atoms with van der Waals surface area (Å²) in [6.45, 7) is 4.76. The van der Waals surface area contributed by atoms with Gasteiger partial charge in [0.05, 0.1) is 5.56 Å². The van der Waals surface area contributed by atoms with Crippen LogP contribution in [0.5, 0.6) is 0 Å². The summed E-state index contributed by atoms with van der Waals surface area (Å²) in [5.74, 6) is -0.985. The van der Waals surface area contributed by atoms with Crippen LogP contribution in [0, 0.1) is 0 Å².